The predicted molar refractivity (Wildman–Crippen MR) is 121 cm³/mol. The highest BCUT2D eigenvalue weighted by atomic mass is 19.1. The molecule has 0 amide bonds. The molecule has 0 aliphatic rings. The first-order chi connectivity index (χ1) is 14.2. The van der Waals surface area contributed by atoms with Crippen molar-refractivity contribution in [1.82, 2.24) is 4.98 Å². The number of alkyl halides is 1. The zero-order valence-electron chi connectivity index (χ0n) is 18.3. The molecule has 160 valence electrons. The van der Waals surface area contributed by atoms with Crippen molar-refractivity contribution in [3.8, 4) is 17.0 Å². The first-order valence-corrected chi connectivity index (χ1v) is 11.5. The number of nitrogens with zero attached hydrogens (tertiary/aromatic N) is 1. The summed E-state index contributed by atoms with van der Waals surface area (Å²) in [4.78, 5) is 4.58. The molecular weight excluding hydrogens is 361 g/mol. The summed E-state index contributed by atoms with van der Waals surface area (Å²) in [6, 6.07) is 12.2. The second-order valence-corrected chi connectivity index (χ2v) is 7.97. The summed E-state index contributed by atoms with van der Waals surface area (Å²) in [5.41, 5.74) is 3.13. The Balaban J connectivity index is 1.74. The van der Waals surface area contributed by atoms with Crippen LogP contribution in [0.4, 0.5) is 4.39 Å². The highest BCUT2D eigenvalue weighted by Gasteiger charge is 2.07. The van der Waals surface area contributed by atoms with Crippen LogP contribution in [0.5, 0.6) is 5.75 Å². The van der Waals surface area contributed by atoms with Gasteiger partial charge in [-0.2, -0.15) is 0 Å². The van der Waals surface area contributed by atoms with Crippen LogP contribution in [0.25, 0.3) is 11.3 Å². The first kappa shape index (κ1) is 23.4. The molecule has 0 N–H and O–H groups in total. The minimum Gasteiger partial charge on any atom is -0.494 e. The second kappa shape index (κ2) is 14.1. The minimum atomic E-state index is -0.693. The Labute approximate surface area is 176 Å². The van der Waals surface area contributed by atoms with Crippen molar-refractivity contribution in [2.24, 2.45) is 0 Å². The number of aromatic nitrogens is 1. The van der Waals surface area contributed by atoms with Gasteiger partial charge in [-0.3, -0.25) is 4.98 Å². The minimum absolute atomic E-state index is 0.595. The van der Waals surface area contributed by atoms with Gasteiger partial charge >= 0.3 is 0 Å². The first-order valence-electron chi connectivity index (χ1n) is 11.5. The van der Waals surface area contributed by atoms with Crippen LogP contribution >= 0.6 is 0 Å². The zero-order chi connectivity index (χ0) is 20.7. The maximum Gasteiger partial charge on any atom is 0.119 e. The normalized spacial score (nSPS) is 12.1. The van der Waals surface area contributed by atoms with Crippen LogP contribution in [0, 0.1) is 0 Å². The van der Waals surface area contributed by atoms with E-state index < -0.39 is 6.17 Å². The number of aryl methyl sites for hydroxylation is 1. The van der Waals surface area contributed by atoms with Crippen LogP contribution in [0.1, 0.15) is 83.6 Å². The maximum absolute atomic E-state index is 14.0. The lowest BCUT2D eigenvalue weighted by atomic mass is 10.0. The summed E-state index contributed by atoms with van der Waals surface area (Å²) in [6.07, 6.45) is 12.7. The Hall–Kier alpha value is -1.90. The van der Waals surface area contributed by atoms with Gasteiger partial charge in [0.1, 0.15) is 11.9 Å². The number of unbranched alkanes of at least 4 members (excludes halogenated alkanes) is 6. The third kappa shape index (κ3) is 9.43. The molecule has 3 heteroatoms. The topological polar surface area (TPSA) is 22.1 Å². The summed E-state index contributed by atoms with van der Waals surface area (Å²) in [7, 11) is 0. The standard InChI is InChI=1S/C26H38FNO/c1-3-5-7-9-11-24(27)16-12-22-13-19-26(28-21-22)23-14-17-25(18-15-23)29-20-10-8-6-4-2/h13-15,17-19,21,24H,3-12,16,20H2,1-2H3. The largest absolute Gasteiger partial charge is 0.494 e. The van der Waals surface area contributed by atoms with Crippen molar-refractivity contribution in [1.29, 1.82) is 0 Å². The number of hydrogen-bond donors (Lipinski definition) is 0. The van der Waals surface area contributed by atoms with E-state index in [1.54, 1.807) is 0 Å². The van der Waals surface area contributed by atoms with Gasteiger partial charge in [0.25, 0.3) is 0 Å². The molecule has 0 spiro atoms. The zero-order valence-corrected chi connectivity index (χ0v) is 18.3. The Morgan fingerprint density at radius 3 is 2.21 bits per heavy atom. The summed E-state index contributed by atoms with van der Waals surface area (Å²) < 4.78 is 19.8. The molecule has 1 heterocycles. The molecule has 1 unspecified atom stereocenters. The van der Waals surface area contributed by atoms with Crippen LogP contribution in [0.3, 0.4) is 0 Å². The molecule has 2 nitrogen and oxygen atoms in total. The van der Waals surface area contributed by atoms with Crippen molar-refractivity contribution in [3.63, 3.8) is 0 Å². The summed E-state index contributed by atoms with van der Waals surface area (Å²) in [6.45, 7) is 5.18. The number of benzene rings is 1. The van der Waals surface area contributed by atoms with Crippen LogP contribution < -0.4 is 4.74 Å². The molecule has 1 aromatic carbocycles. The maximum atomic E-state index is 14.0. The molecule has 0 radical (unpaired) electrons. The smallest absolute Gasteiger partial charge is 0.119 e. The van der Waals surface area contributed by atoms with E-state index in [-0.39, 0.29) is 0 Å². The average Bonchev–Trinajstić information content (AvgIpc) is 2.76. The van der Waals surface area contributed by atoms with E-state index in [1.165, 1.54) is 32.1 Å². The summed E-state index contributed by atoms with van der Waals surface area (Å²) in [5, 5.41) is 0. The number of ether oxygens (including phenoxy) is 1. The van der Waals surface area contributed by atoms with Gasteiger partial charge in [-0.25, -0.2) is 4.39 Å². The molecule has 29 heavy (non-hydrogen) atoms. The van der Waals surface area contributed by atoms with Gasteiger partial charge < -0.3 is 4.74 Å². The molecule has 1 aromatic heterocycles. The highest BCUT2D eigenvalue weighted by molar-refractivity contribution is 5.60. The quantitative estimate of drug-likeness (QED) is 0.283. The van der Waals surface area contributed by atoms with Gasteiger partial charge in [0.2, 0.25) is 0 Å². The second-order valence-electron chi connectivity index (χ2n) is 7.97. The molecule has 0 saturated heterocycles. The Kier molecular flexibility index (Phi) is 11.4. The van der Waals surface area contributed by atoms with Crippen LogP contribution in [-0.2, 0) is 6.42 Å². The monoisotopic (exact) mass is 399 g/mol. The number of hydrogen-bond acceptors (Lipinski definition) is 2. The van der Waals surface area contributed by atoms with Gasteiger partial charge in [-0.15, -0.1) is 0 Å². The van der Waals surface area contributed by atoms with E-state index in [0.29, 0.717) is 12.8 Å². The Morgan fingerprint density at radius 2 is 1.55 bits per heavy atom. The van der Waals surface area contributed by atoms with Crippen molar-refractivity contribution < 1.29 is 9.13 Å². The fourth-order valence-electron chi connectivity index (χ4n) is 3.44. The predicted octanol–water partition coefficient (Wildman–Crippen LogP) is 7.95. The lowest BCUT2D eigenvalue weighted by Gasteiger charge is -2.09. The number of rotatable bonds is 15. The molecule has 0 aliphatic heterocycles. The molecule has 2 aromatic rings. The van der Waals surface area contributed by atoms with E-state index in [1.807, 2.05) is 24.4 Å². The fourth-order valence-corrected chi connectivity index (χ4v) is 3.44. The highest BCUT2D eigenvalue weighted by Crippen LogP contribution is 2.22. The van der Waals surface area contributed by atoms with E-state index in [9.17, 15) is 4.39 Å². The van der Waals surface area contributed by atoms with Crippen molar-refractivity contribution in [3.05, 3.63) is 48.2 Å². The fraction of sp³-hybridized carbons (Fsp3) is 0.577. The van der Waals surface area contributed by atoms with Gasteiger partial charge in [0.05, 0.1) is 12.3 Å². The molecule has 0 aliphatic carbocycles. The van der Waals surface area contributed by atoms with Crippen molar-refractivity contribution in [2.75, 3.05) is 6.61 Å². The Bertz CT molecular complexity index is 653. The van der Waals surface area contributed by atoms with Gasteiger partial charge in [-0.1, -0.05) is 64.9 Å². The molecule has 0 fully saturated rings. The Morgan fingerprint density at radius 1 is 0.828 bits per heavy atom. The molecule has 0 bridgehead atoms. The van der Waals surface area contributed by atoms with Crippen molar-refractivity contribution in [2.45, 2.75) is 90.6 Å². The number of halogens is 1. The third-order valence-electron chi connectivity index (χ3n) is 5.36. The van der Waals surface area contributed by atoms with Gasteiger partial charge in [0, 0.05) is 11.8 Å². The van der Waals surface area contributed by atoms with Crippen LogP contribution in [0.2, 0.25) is 0 Å². The van der Waals surface area contributed by atoms with E-state index in [2.05, 4.69) is 37.0 Å². The third-order valence-corrected chi connectivity index (χ3v) is 5.36. The number of pyridine rings is 1. The summed E-state index contributed by atoms with van der Waals surface area (Å²) in [5.74, 6) is 0.912. The lowest BCUT2D eigenvalue weighted by Crippen LogP contribution is -2.02. The van der Waals surface area contributed by atoms with Gasteiger partial charge in [0.15, 0.2) is 0 Å². The average molecular weight is 400 g/mol. The molecular formula is C26H38FNO. The molecule has 0 saturated carbocycles. The van der Waals surface area contributed by atoms with E-state index >= 15 is 0 Å². The van der Waals surface area contributed by atoms with Crippen LogP contribution in [0.15, 0.2) is 42.6 Å². The molecule has 1 atom stereocenters. The van der Waals surface area contributed by atoms with Crippen LogP contribution in [-0.4, -0.2) is 17.8 Å². The van der Waals surface area contributed by atoms with E-state index in [0.717, 1.165) is 54.9 Å². The van der Waals surface area contributed by atoms with Crippen molar-refractivity contribution >= 4 is 0 Å². The lowest BCUT2D eigenvalue weighted by molar-refractivity contribution is 0.287. The van der Waals surface area contributed by atoms with Gasteiger partial charge in [-0.05, 0) is 61.6 Å². The SMILES string of the molecule is CCCCCCOc1ccc(-c2ccc(CCC(F)CCCCCC)cn2)cc1. The summed E-state index contributed by atoms with van der Waals surface area (Å²) >= 11 is 0. The molecule has 2 rings (SSSR count). The van der Waals surface area contributed by atoms with E-state index in [4.69, 9.17) is 4.74 Å².